The molecule has 170 valence electrons. The molecule has 2 aromatic carbocycles. The van der Waals surface area contributed by atoms with Crippen LogP contribution in [0.3, 0.4) is 0 Å². The van der Waals surface area contributed by atoms with Gasteiger partial charge in [-0.2, -0.15) is 0 Å². The molecule has 0 bridgehead atoms. The van der Waals surface area contributed by atoms with Gasteiger partial charge in [0.25, 0.3) is 5.91 Å². The number of hydrogen-bond donors (Lipinski definition) is 2. The number of nitrogens with zero attached hydrogens (tertiary/aromatic N) is 1. The molecule has 0 aliphatic carbocycles. The number of benzene rings is 2. The molecule has 7 nitrogen and oxygen atoms in total. The van der Waals surface area contributed by atoms with Gasteiger partial charge in [0.05, 0.1) is 23.9 Å². The largest absolute Gasteiger partial charge is 0.492 e. The summed E-state index contributed by atoms with van der Waals surface area (Å²) in [6.07, 6.45) is 0.935. The lowest BCUT2D eigenvalue weighted by molar-refractivity contribution is 0.0988. The Morgan fingerprint density at radius 1 is 1.12 bits per heavy atom. The fourth-order valence-corrected chi connectivity index (χ4v) is 3.54. The lowest BCUT2D eigenvalue weighted by Crippen LogP contribution is -2.33. The monoisotopic (exact) mass is 453 g/mol. The van der Waals surface area contributed by atoms with Crippen LogP contribution in [0.2, 0.25) is 0 Å². The van der Waals surface area contributed by atoms with Crippen molar-refractivity contribution in [1.29, 1.82) is 0 Å². The molecule has 2 heterocycles. The minimum Gasteiger partial charge on any atom is -0.492 e. The number of nitrogens with one attached hydrogen (secondary N) is 2. The maximum Gasteiger partial charge on any atom is 0.408 e. The average Bonchev–Trinajstić information content (AvgIpc) is 2.81. The molecule has 2 amide bonds. The molecule has 1 aromatic heterocycles. The first kappa shape index (κ1) is 22.2. The molecular formula is C24H21F2N3O4. The smallest absolute Gasteiger partial charge is 0.408 e. The summed E-state index contributed by atoms with van der Waals surface area (Å²) in [7, 11) is 0. The minimum atomic E-state index is -1.07. The van der Waals surface area contributed by atoms with Crippen molar-refractivity contribution in [2.75, 3.05) is 11.9 Å². The highest BCUT2D eigenvalue weighted by atomic mass is 19.2. The Balaban J connectivity index is 1.48. The zero-order chi connectivity index (χ0) is 23.4. The second-order valence-corrected chi connectivity index (χ2v) is 7.44. The SMILES string of the molecule is C[C@H](OC(=O)N[C@H]1CCOc2c(C(=O)Nc3ccc(F)c(F)c3)cccc21)c1ccccn1. The Hall–Kier alpha value is -4.01. The highest BCUT2D eigenvalue weighted by Gasteiger charge is 2.28. The Morgan fingerprint density at radius 3 is 2.73 bits per heavy atom. The quantitative estimate of drug-likeness (QED) is 0.572. The third-order valence-corrected chi connectivity index (χ3v) is 5.18. The van der Waals surface area contributed by atoms with E-state index >= 15 is 0 Å². The van der Waals surface area contributed by atoms with E-state index in [9.17, 15) is 18.4 Å². The molecule has 2 atom stereocenters. The van der Waals surface area contributed by atoms with Crippen molar-refractivity contribution in [3.63, 3.8) is 0 Å². The summed E-state index contributed by atoms with van der Waals surface area (Å²) in [6, 6.07) is 12.9. The second kappa shape index (κ2) is 9.64. The average molecular weight is 453 g/mol. The van der Waals surface area contributed by atoms with Crippen molar-refractivity contribution in [1.82, 2.24) is 10.3 Å². The van der Waals surface area contributed by atoms with Crippen LogP contribution >= 0.6 is 0 Å². The van der Waals surface area contributed by atoms with Gasteiger partial charge in [-0.15, -0.1) is 0 Å². The van der Waals surface area contributed by atoms with Crippen LogP contribution in [0.1, 0.15) is 47.1 Å². The minimum absolute atomic E-state index is 0.106. The summed E-state index contributed by atoms with van der Waals surface area (Å²) in [5.74, 6) is -2.31. The van der Waals surface area contributed by atoms with Crippen molar-refractivity contribution in [3.05, 3.63) is 89.2 Å². The van der Waals surface area contributed by atoms with Gasteiger partial charge < -0.3 is 20.1 Å². The first-order valence-electron chi connectivity index (χ1n) is 10.3. The Kier molecular flexibility index (Phi) is 6.48. The van der Waals surface area contributed by atoms with Crippen molar-refractivity contribution >= 4 is 17.7 Å². The van der Waals surface area contributed by atoms with Crippen LogP contribution in [0.25, 0.3) is 0 Å². The summed E-state index contributed by atoms with van der Waals surface area (Å²) in [5.41, 5.74) is 1.55. The number of anilines is 1. The third kappa shape index (κ3) is 5.08. The van der Waals surface area contributed by atoms with E-state index < -0.39 is 35.8 Å². The van der Waals surface area contributed by atoms with Crippen molar-refractivity contribution in [3.8, 4) is 5.75 Å². The van der Waals surface area contributed by atoms with E-state index in [4.69, 9.17) is 9.47 Å². The number of alkyl carbamates (subject to hydrolysis) is 1. The second-order valence-electron chi connectivity index (χ2n) is 7.44. The molecule has 33 heavy (non-hydrogen) atoms. The number of amides is 2. The molecule has 9 heteroatoms. The number of ether oxygens (including phenoxy) is 2. The fraction of sp³-hybridized carbons (Fsp3) is 0.208. The van der Waals surface area contributed by atoms with E-state index in [1.165, 1.54) is 6.07 Å². The zero-order valence-electron chi connectivity index (χ0n) is 17.7. The van der Waals surface area contributed by atoms with Crippen molar-refractivity contribution < 1.29 is 27.8 Å². The van der Waals surface area contributed by atoms with Crippen LogP contribution in [0.4, 0.5) is 19.3 Å². The number of carbonyl (C=O) groups excluding carboxylic acids is 2. The van der Waals surface area contributed by atoms with Gasteiger partial charge in [-0.1, -0.05) is 18.2 Å². The first-order chi connectivity index (χ1) is 15.9. The Morgan fingerprint density at radius 2 is 1.97 bits per heavy atom. The first-order valence-corrected chi connectivity index (χ1v) is 10.3. The van der Waals surface area contributed by atoms with Gasteiger partial charge in [-0.25, -0.2) is 13.6 Å². The van der Waals surface area contributed by atoms with Crippen LogP contribution in [0, 0.1) is 11.6 Å². The summed E-state index contributed by atoms with van der Waals surface area (Å²) >= 11 is 0. The Bertz CT molecular complexity index is 1170. The number of rotatable bonds is 5. The highest BCUT2D eigenvalue weighted by Crippen LogP contribution is 2.35. The molecule has 3 aromatic rings. The number of hydrogen-bond acceptors (Lipinski definition) is 5. The molecule has 0 unspecified atom stereocenters. The summed E-state index contributed by atoms with van der Waals surface area (Å²) in [5, 5.41) is 5.35. The predicted molar refractivity (Wildman–Crippen MR) is 116 cm³/mol. The number of para-hydroxylation sites is 1. The molecular weight excluding hydrogens is 432 g/mol. The molecule has 2 N–H and O–H groups in total. The molecule has 0 spiro atoms. The van der Waals surface area contributed by atoms with Crippen LogP contribution < -0.4 is 15.4 Å². The van der Waals surface area contributed by atoms with Gasteiger partial charge in [-0.05, 0) is 37.3 Å². The normalized spacial score (nSPS) is 15.5. The lowest BCUT2D eigenvalue weighted by atomic mass is 9.97. The van der Waals surface area contributed by atoms with E-state index in [0.717, 1.165) is 12.1 Å². The molecule has 0 saturated heterocycles. The maximum atomic E-state index is 13.5. The molecule has 1 aliphatic rings. The van der Waals surface area contributed by atoms with Gasteiger partial charge in [0.2, 0.25) is 0 Å². The molecule has 1 aliphatic heterocycles. The summed E-state index contributed by atoms with van der Waals surface area (Å²) in [6.45, 7) is 1.99. The number of carbonyl (C=O) groups is 2. The van der Waals surface area contributed by atoms with Gasteiger partial charge in [0.1, 0.15) is 11.9 Å². The summed E-state index contributed by atoms with van der Waals surface area (Å²) < 4.78 is 37.8. The number of halogens is 2. The number of fused-ring (bicyclic) bond motifs is 1. The van der Waals surface area contributed by atoms with Gasteiger partial charge in [0.15, 0.2) is 11.6 Å². The van der Waals surface area contributed by atoms with E-state index in [2.05, 4.69) is 15.6 Å². The van der Waals surface area contributed by atoms with Gasteiger partial charge >= 0.3 is 6.09 Å². The Labute approximate surface area is 188 Å². The summed E-state index contributed by atoms with van der Waals surface area (Å²) in [4.78, 5) is 29.4. The molecule has 4 rings (SSSR count). The lowest BCUT2D eigenvalue weighted by Gasteiger charge is -2.28. The fourth-order valence-electron chi connectivity index (χ4n) is 3.54. The zero-order valence-corrected chi connectivity index (χ0v) is 17.7. The van der Waals surface area contributed by atoms with E-state index in [1.54, 1.807) is 43.5 Å². The molecule has 0 saturated carbocycles. The predicted octanol–water partition coefficient (Wildman–Crippen LogP) is 4.92. The van der Waals surface area contributed by atoms with Crippen LogP contribution in [0.15, 0.2) is 60.8 Å². The maximum absolute atomic E-state index is 13.5. The van der Waals surface area contributed by atoms with Crippen LogP contribution in [0.5, 0.6) is 5.75 Å². The standard InChI is InChI=1S/C24H21F2N3O4/c1-14(20-7-2-3-11-27-20)33-24(31)29-21-10-12-32-22-16(21)5-4-6-17(22)23(30)28-15-8-9-18(25)19(26)13-15/h2-9,11,13-14,21H,10,12H2,1H3,(H,28,30)(H,29,31)/t14-,21-/m0/s1. The van der Waals surface area contributed by atoms with E-state index in [0.29, 0.717) is 23.4 Å². The van der Waals surface area contributed by atoms with Crippen LogP contribution in [-0.2, 0) is 4.74 Å². The van der Waals surface area contributed by atoms with E-state index in [-0.39, 0.29) is 17.9 Å². The van der Waals surface area contributed by atoms with Crippen LogP contribution in [-0.4, -0.2) is 23.6 Å². The van der Waals surface area contributed by atoms with Gasteiger partial charge in [0, 0.05) is 29.9 Å². The highest BCUT2D eigenvalue weighted by molar-refractivity contribution is 6.06. The number of pyridine rings is 1. The van der Waals surface area contributed by atoms with E-state index in [1.807, 2.05) is 6.07 Å². The van der Waals surface area contributed by atoms with Crippen molar-refractivity contribution in [2.45, 2.75) is 25.5 Å². The molecule has 0 fully saturated rings. The third-order valence-electron chi connectivity index (χ3n) is 5.18. The number of aromatic nitrogens is 1. The van der Waals surface area contributed by atoms with Crippen molar-refractivity contribution in [2.24, 2.45) is 0 Å². The topological polar surface area (TPSA) is 89.5 Å². The van der Waals surface area contributed by atoms with Gasteiger partial charge in [-0.3, -0.25) is 9.78 Å². The molecule has 0 radical (unpaired) electrons.